The number of carboxylic acids is 1. The Kier molecular flexibility index (Phi) is 5.78. The lowest BCUT2D eigenvalue weighted by molar-refractivity contribution is -0.385. The van der Waals surface area contributed by atoms with Crippen molar-refractivity contribution in [3.05, 3.63) is 75.8 Å². The maximum Gasteiger partial charge on any atom is 0.269 e. The van der Waals surface area contributed by atoms with Crippen LogP contribution in [0.2, 0.25) is 0 Å². The van der Waals surface area contributed by atoms with E-state index >= 15 is 0 Å². The van der Waals surface area contributed by atoms with Crippen molar-refractivity contribution in [1.82, 2.24) is 5.01 Å². The molecule has 2 aromatic carbocycles. The molecule has 0 spiro atoms. The molecule has 0 radical (unpaired) electrons. The summed E-state index contributed by atoms with van der Waals surface area (Å²) in [6, 6.07) is 15.0. The van der Waals surface area contributed by atoms with E-state index in [0.29, 0.717) is 17.7 Å². The van der Waals surface area contributed by atoms with Gasteiger partial charge in [-0.1, -0.05) is 42.5 Å². The van der Waals surface area contributed by atoms with Crippen molar-refractivity contribution in [1.29, 1.82) is 0 Å². The normalized spacial score (nSPS) is 15.9. The van der Waals surface area contributed by atoms with Crippen molar-refractivity contribution in [3.8, 4) is 0 Å². The zero-order valence-electron chi connectivity index (χ0n) is 15.0. The molecule has 144 valence electrons. The average Bonchev–Trinajstić information content (AvgIpc) is 3.14. The molecule has 0 aliphatic carbocycles. The summed E-state index contributed by atoms with van der Waals surface area (Å²) in [5.41, 5.74) is 2.11. The molecule has 0 saturated heterocycles. The van der Waals surface area contributed by atoms with Crippen molar-refractivity contribution in [2.45, 2.75) is 31.7 Å². The lowest BCUT2D eigenvalue weighted by Crippen LogP contribution is -2.28. The third-order valence-corrected chi connectivity index (χ3v) is 4.51. The monoisotopic (exact) mass is 380 g/mol. The standard InChI is InChI=1S/C20H19N3O5/c24-19(10-5-11-20(25)26)22-18(15-8-4-9-16(12-15)23(27)28)13-17(21-22)14-6-2-1-3-7-14/h1-4,6-9,12,18H,5,10-11,13H2,(H,25,26)/p-1/t18-/m0/s1. The number of carbonyl (C=O) groups excluding carboxylic acids is 2. The Morgan fingerprint density at radius 3 is 2.54 bits per heavy atom. The number of aliphatic carboxylic acids is 1. The first-order valence-electron chi connectivity index (χ1n) is 8.85. The van der Waals surface area contributed by atoms with Gasteiger partial charge in [0.2, 0.25) is 5.91 Å². The minimum absolute atomic E-state index is 0.00494. The highest BCUT2D eigenvalue weighted by molar-refractivity contribution is 6.03. The number of nitrogens with zero attached hydrogens (tertiary/aromatic N) is 3. The molecule has 0 N–H and O–H groups in total. The summed E-state index contributed by atoms with van der Waals surface area (Å²) in [4.78, 5) is 33.9. The van der Waals surface area contributed by atoms with Crippen molar-refractivity contribution in [2.75, 3.05) is 0 Å². The highest BCUT2D eigenvalue weighted by Gasteiger charge is 2.33. The second kappa shape index (κ2) is 8.43. The maximum absolute atomic E-state index is 12.7. The molecule has 1 heterocycles. The van der Waals surface area contributed by atoms with Crippen LogP contribution in [-0.4, -0.2) is 27.5 Å². The fourth-order valence-corrected chi connectivity index (χ4v) is 3.15. The van der Waals surface area contributed by atoms with Crippen LogP contribution >= 0.6 is 0 Å². The number of non-ortho nitro benzene ring substituents is 1. The van der Waals surface area contributed by atoms with Crippen LogP contribution in [0.5, 0.6) is 0 Å². The predicted molar refractivity (Wildman–Crippen MR) is 99.1 cm³/mol. The Hall–Kier alpha value is -3.55. The Morgan fingerprint density at radius 1 is 1.11 bits per heavy atom. The molecule has 0 bridgehead atoms. The summed E-state index contributed by atoms with van der Waals surface area (Å²) in [7, 11) is 0. The lowest BCUT2D eigenvalue weighted by Gasteiger charge is -2.22. The van der Waals surface area contributed by atoms with Crippen LogP contribution in [0.15, 0.2) is 59.7 Å². The van der Waals surface area contributed by atoms with Gasteiger partial charge in [0.05, 0.1) is 16.7 Å². The summed E-state index contributed by atoms with van der Waals surface area (Å²) in [5, 5.41) is 27.5. The van der Waals surface area contributed by atoms with Crippen LogP contribution in [0, 0.1) is 10.1 Å². The molecular formula is C20H18N3O5-. The van der Waals surface area contributed by atoms with E-state index in [4.69, 9.17) is 0 Å². The van der Waals surface area contributed by atoms with Gasteiger partial charge in [-0.3, -0.25) is 14.9 Å². The number of carbonyl (C=O) groups is 2. The van der Waals surface area contributed by atoms with E-state index in [1.807, 2.05) is 30.3 Å². The molecule has 28 heavy (non-hydrogen) atoms. The number of nitro groups is 1. The van der Waals surface area contributed by atoms with E-state index in [1.165, 1.54) is 17.1 Å². The van der Waals surface area contributed by atoms with Crippen molar-refractivity contribution >= 4 is 23.3 Å². The van der Waals surface area contributed by atoms with Crippen LogP contribution < -0.4 is 5.11 Å². The molecule has 1 amide bonds. The molecule has 2 aromatic rings. The van der Waals surface area contributed by atoms with Crippen LogP contribution in [-0.2, 0) is 9.59 Å². The van der Waals surface area contributed by atoms with E-state index in [1.54, 1.807) is 12.1 Å². The van der Waals surface area contributed by atoms with E-state index in [0.717, 1.165) is 5.56 Å². The van der Waals surface area contributed by atoms with Gasteiger partial charge in [-0.15, -0.1) is 0 Å². The first-order chi connectivity index (χ1) is 13.5. The lowest BCUT2D eigenvalue weighted by atomic mass is 9.98. The number of benzene rings is 2. The third kappa shape index (κ3) is 4.40. The number of hydrazone groups is 1. The molecule has 1 aliphatic heterocycles. The molecule has 0 fully saturated rings. The van der Waals surface area contributed by atoms with Crippen LogP contribution in [0.3, 0.4) is 0 Å². The smallest absolute Gasteiger partial charge is 0.269 e. The van der Waals surface area contributed by atoms with Gasteiger partial charge in [-0.25, -0.2) is 5.01 Å². The number of carboxylic acid groups (broad SMARTS) is 1. The Morgan fingerprint density at radius 2 is 1.86 bits per heavy atom. The second-order valence-corrected chi connectivity index (χ2v) is 6.45. The van der Waals surface area contributed by atoms with Crippen molar-refractivity contribution in [2.24, 2.45) is 5.10 Å². The molecule has 1 aliphatic rings. The number of amides is 1. The Labute approximate surface area is 161 Å². The van der Waals surface area contributed by atoms with Gasteiger partial charge < -0.3 is 9.90 Å². The molecule has 0 unspecified atom stereocenters. The summed E-state index contributed by atoms with van der Waals surface area (Å²) >= 11 is 0. The zero-order chi connectivity index (χ0) is 20.1. The average molecular weight is 380 g/mol. The van der Waals surface area contributed by atoms with Gasteiger partial charge in [0.1, 0.15) is 0 Å². The Balaban J connectivity index is 1.89. The SMILES string of the molecule is O=C([O-])CCCC(=O)N1N=C(c2ccccc2)C[C@H]1c1cccc([N+](=O)[O-])c1. The van der Waals surface area contributed by atoms with Crippen molar-refractivity contribution < 1.29 is 19.6 Å². The van der Waals surface area contributed by atoms with Crippen LogP contribution in [0.1, 0.15) is 42.9 Å². The molecule has 8 nitrogen and oxygen atoms in total. The fourth-order valence-electron chi connectivity index (χ4n) is 3.15. The minimum Gasteiger partial charge on any atom is -0.550 e. The topological polar surface area (TPSA) is 116 Å². The number of hydrogen-bond acceptors (Lipinski definition) is 6. The molecule has 8 heteroatoms. The summed E-state index contributed by atoms with van der Waals surface area (Å²) in [6.45, 7) is 0. The predicted octanol–water partition coefficient (Wildman–Crippen LogP) is 2.19. The van der Waals surface area contributed by atoms with Crippen LogP contribution in [0.25, 0.3) is 0 Å². The molecular weight excluding hydrogens is 362 g/mol. The maximum atomic E-state index is 12.7. The summed E-state index contributed by atoms with van der Waals surface area (Å²) < 4.78 is 0. The second-order valence-electron chi connectivity index (χ2n) is 6.45. The van der Waals surface area contributed by atoms with Gasteiger partial charge in [-0.2, -0.15) is 5.10 Å². The van der Waals surface area contributed by atoms with E-state index in [9.17, 15) is 24.8 Å². The number of hydrogen-bond donors (Lipinski definition) is 0. The largest absolute Gasteiger partial charge is 0.550 e. The highest BCUT2D eigenvalue weighted by atomic mass is 16.6. The Bertz CT molecular complexity index is 926. The first kappa shape index (κ1) is 19.2. The molecule has 0 aromatic heterocycles. The molecule has 3 rings (SSSR count). The van der Waals surface area contributed by atoms with Gasteiger partial charge in [0.25, 0.3) is 5.69 Å². The number of nitro benzene ring substituents is 1. The summed E-state index contributed by atoms with van der Waals surface area (Å²) in [6.07, 6.45) is 0.355. The molecule has 0 saturated carbocycles. The van der Waals surface area contributed by atoms with Crippen molar-refractivity contribution in [3.63, 3.8) is 0 Å². The van der Waals surface area contributed by atoms with Gasteiger partial charge in [0.15, 0.2) is 0 Å². The van der Waals surface area contributed by atoms with Gasteiger partial charge in [-0.05, 0) is 24.0 Å². The summed E-state index contributed by atoms with van der Waals surface area (Å²) in [5.74, 6) is -1.54. The first-order valence-corrected chi connectivity index (χ1v) is 8.85. The fraction of sp³-hybridized carbons (Fsp3) is 0.250. The molecule has 1 atom stereocenters. The van der Waals surface area contributed by atoms with E-state index in [-0.39, 0.29) is 30.9 Å². The van der Waals surface area contributed by atoms with Gasteiger partial charge in [0, 0.05) is 30.9 Å². The van der Waals surface area contributed by atoms with Crippen LogP contribution in [0.4, 0.5) is 5.69 Å². The quantitative estimate of drug-likeness (QED) is 0.539. The highest BCUT2D eigenvalue weighted by Crippen LogP contribution is 2.34. The van der Waals surface area contributed by atoms with E-state index < -0.39 is 16.9 Å². The minimum atomic E-state index is -1.21. The number of rotatable bonds is 7. The van der Waals surface area contributed by atoms with E-state index in [2.05, 4.69) is 5.10 Å². The van der Waals surface area contributed by atoms with Gasteiger partial charge >= 0.3 is 0 Å². The zero-order valence-corrected chi connectivity index (χ0v) is 15.0. The third-order valence-electron chi connectivity index (χ3n) is 4.51.